The van der Waals surface area contributed by atoms with Crippen LogP contribution >= 0.6 is 0 Å². The molecule has 17 heavy (non-hydrogen) atoms. The van der Waals surface area contributed by atoms with Crippen molar-refractivity contribution in [2.75, 3.05) is 46.9 Å². The van der Waals surface area contributed by atoms with Gasteiger partial charge in [0, 0.05) is 39.2 Å². The molecule has 0 saturated carbocycles. The van der Waals surface area contributed by atoms with E-state index >= 15 is 0 Å². The van der Waals surface area contributed by atoms with Crippen molar-refractivity contribution in [1.29, 1.82) is 0 Å². The van der Waals surface area contributed by atoms with Gasteiger partial charge in [0.15, 0.2) is 0 Å². The quantitative estimate of drug-likeness (QED) is 0.678. The number of rotatable bonds is 7. The van der Waals surface area contributed by atoms with Crippen LogP contribution in [-0.2, 0) is 9.53 Å². The monoisotopic (exact) mass is 243 g/mol. The van der Waals surface area contributed by atoms with Crippen molar-refractivity contribution in [3.05, 3.63) is 0 Å². The van der Waals surface area contributed by atoms with Gasteiger partial charge in [0.2, 0.25) is 5.91 Å². The van der Waals surface area contributed by atoms with Crippen LogP contribution in [0.3, 0.4) is 0 Å². The van der Waals surface area contributed by atoms with Crippen molar-refractivity contribution in [3.8, 4) is 0 Å². The Hall–Kier alpha value is -0.650. The molecule has 1 aliphatic rings. The normalized spacial score (nSPS) is 19.9. The summed E-state index contributed by atoms with van der Waals surface area (Å²) in [5.41, 5.74) is 5.42. The highest BCUT2D eigenvalue weighted by Crippen LogP contribution is 2.10. The summed E-state index contributed by atoms with van der Waals surface area (Å²) in [5.74, 6) is 0.198. The molecule has 1 atom stereocenters. The lowest BCUT2D eigenvalue weighted by Crippen LogP contribution is -2.36. The summed E-state index contributed by atoms with van der Waals surface area (Å²) in [6.07, 6.45) is 2.52. The second-order valence-corrected chi connectivity index (χ2v) is 4.71. The van der Waals surface area contributed by atoms with Crippen LogP contribution in [0.5, 0.6) is 0 Å². The highest BCUT2D eigenvalue weighted by atomic mass is 16.5. The molecule has 0 aromatic heterocycles. The van der Waals surface area contributed by atoms with E-state index in [-0.39, 0.29) is 5.91 Å². The van der Waals surface area contributed by atoms with Gasteiger partial charge < -0.3 is 20.3 Å². The largest absolute Gasteiger partial charge is 0.380 e. The van der Waals surface area contributed by atoms with E-state index in [4.69, 9.17) is 10.5 Å². The van der Waals surface area contributed by atoms with Crippen molar-refractivity contribution in [1.82, 2.24) is 9.80 Å². The SMILES string of the molecule is CN(CCCN)C(=O)CCN(C)C1CCOC1. The molecule has 1 fully saturated rings. The van der Waals surface area contributed by atoms with Gasteiger partial charge in [-0.2, -0.15) is 0 Å². The lowest BCUT2D eigenvalue weighted by atomic mass is 10.2. The number of hydrogen-bond donors (Lipinski definition) is 1. The summed E-state index contributed by atoms with van der Waals surface area (Å²) < 4.78 is 5.33. The fourth-order valence-electron chi connectivity index (χ4n) is 1.97. The average molecular weight is 243 g/mol. The summed E-state index contributed by atoms with van der Waals surface area (Å²) in [6, 6.07) is 0.483. The first-order valence-electron chi connectivity index (χ1n) is 6.37. The van der Waals surface area contributed by atoms with Gasteiger partial charge in [0.05, 0.1) is 6.61 Å². The highest BCUT2D eigenvalue weighted by Gasteiger charge is 2.20. The number of carbonyl (C=O) groups is 1. The minimum atomic E-state index is 0.198. The van der Waals surface area contributed by atoms with Crippen molar-refractivity contribution in [3.63, 3.8) is 0 Å². The van der Waals surface area contributed by atoms with Crippen LogP contribution in [0.15, 0.2) is 0 Å². The van der Waals surface area contributed by atoms with Crippen molar-refractivity contribution in [2.24, 2.45) is 5.73 Å². The molecule has 0 aliphatic carbocycles. The maximum atomic E-state index is 11.8. The Kier molecular flexibility index (Phi) is 6.47. The Balaban J connectivity index is 2.17. The first-order chi connectivity index (χ1) is 8.15. The lowest BCUT2D eigenvalue weighted by molar-refractivity contribution is -0.130. The van der Waals surface area contributed by atoms with Crippen molar-refractivity contribution >= 4 is 5.91 Å². The summed E-state index contributed by atoms with van der Waals surface area (Å²) in [7, 11) is 3.91. The third-order valence-electron chi connectivity index (χ3n) is 3.33. The average Bonchev–Trinajstić information content (AvgIpc) is 2.86. The molecule has 1 rings (SSSR count). The molecular formula is C12H25N3O2. The predicted octanol–water partition coefficient (Wildman–Crippen LogP) is -0.0956. The highest BCUT2D eigenvalue weighted by molar-refractivity contribution is 5.76. The second kappa shape index (κ2) is 7.63. The van der Waals surface area contributed by atoms with E-state index in [1.807, 2.05) is 7.05 Å². The molecule has 2 N–H and O–H groups in total. The van der Waals surface area contributed by atoms with Gasteiger partial charge in [-0.15, -0.1) is 0 Å². The second-order valence-electron chi connectivity index (χ2n) is 4.71. The topological polar surface area (TPSA) is 58.8 Å². The molecule has 1 unspecified atom stereocenters. The molecule has 1 heterocycles. The van der Waals surface area contributed by atoms with Gasteiger partial charge in [0.25, 0.3) is 0 Å². The molecule has 0 spiro atoms. The van der Waals surface area contributed by atoms with E-state index in [0.717, 1.165) is 39.1 Å². The van der Waals surface area contributed by atoms with Crippen molar-refractivity contribution < 1.29 is 9.53 Å². The van der Waals surface area contributed by atoms with Gasteiger partial charge >= 0.3 is 0 Å². The zero-order valence-corrected chi connectivity index (χ0v) is 11.0. The third-order valence-corrected chi connectivity index (χ3v) is 3.33. The fourth-order valence-corrected chi connectivity index (χ4v) is 1.97. The van der Waals surface area contributed by atoms with Crippen molar-refractivity contribution in [2.45, 2.75) is 25.3 Å². The maximum absolute atomic E-state index is 11.8. The van der Waals surface area contributed by atoms with Crippen LogP contribution in [0.2, 0.25) is 0 Å². The zero-order chi connectivity index (χ0) is 12.7. The molecule has 0 radical (unpaired) electrons. The molecule has 5 heteroatoms. The molecule has 1 amide bonds. The molecular weight excluding hydrogens is 218 g/mol. The fraction of sp³-hybridized carbons (Fsp3) is 0.917. The standard InChI is InChI=1S/C12H25N3O2/c1-14(11-5-9-17-10-11)8-4-12(16)15(2)7-3-6-13/h11H,3-10,13H2,1-2H3. The molecule has 5 nitrogen and oxygen atoms in total. The number of hydrogen-bond acceptors (Lipinski definition) is 4. The summed E-state index contributed by atoms with van der Waals surface area (Å²) in [5, 5.41) is 0. The van der Waals surface area contributed by atoms with Crippen LogP contribution in [0.1, 0.15) is 19.3 Å². The molecule has 0 bridgehead atoms. The third kappa shape index (κ3) is 5.02. The Morgan fingerprint density at radius 1 is 1.41 bits per heavy atom. The number of nitrogens with zero attached hydrogens (tertiary/aromatic N) is 2. The molecule has 1 aliphatic heterocycles. The molecule has 1 saturated heterocycles. The van der Waals surface area contributed by atoms with E-state index in [9.17, 15) is 4.79 Å². The van der Waals surface area contributed by atoms with Crippen LogP contribution in [0.25, 0.3) is 0 Å². The first kappa shape index (κ1) is 14.4. The number of ether oxygens (including phenoxy) is 1. The number of amides is 1. The first-order valence-corrected chi connectivity index (χ1v) is 6.37. The molecule has 0 aromatic rings. The Bertz CT molecular complexity index is 230. The van der Waals surface area contributed by atoms with E-state index < -0.39 is 0 Å². The number of carbonyl (C=O) groups excluding carboxylic acids is 1. The minimum absolute atomic E-state index is 0.198. The number of likely N-dealkylation sites (N-methyl/N-ethyl adjacent to an activating group) is 1. The van der Waals surface area contributed by atoms with E-state index in [1.54, 1.807) is 4.90 Å². The van der Waals surface area contributed by atoms with Gasteiger partial charge in [0.1, 0.15) is 0 Å². The predicted molar refractivity (Wildman–Crippen MR) is 67.8 cm³/mol. The smallest absolute Gasteiger partial charge is 0.223 e. The molecule has 0 aromatic carbocycles. The zero-order valence-electron chi connectivity index (χ0n) is 11.0. The maximum Gasteiger partial charge on any atom is 0.223 e. The van der Waals surface area contributed by atoms with Crippen LogP contribution in [0, 0.1) is 0 Å². The summed E-state index contributed by atoms with van der Waals surface area (Å²) in [6.45, 7) is 3.84. The van der Waals surface area contributed by atoms with Crippen LogP contribution in [-0.4, -0.2) is 68.7 Å². The lowest BCUT2D eigenvalue weighted by Gasteiger charge is -2.24. The number of nitrogens with two attached hydrogens (primary N) is 1. The summed E-state index contributed by atoms with van der Waals surface area (Å²) in [4.78, 5) is 15.8. The van der Waals surface area contributed by atoms with Gasteiger partial charge in [-0.1, -0.05) is 0 Å². The Morgan fingerprint density at radius 2 is 2.18 bits per heavy atom. The Morgan fingerprint density at radius 3 is 2.76 bits per heavy atom. The van der Waals surface area contributed by atoms with Gasteiger partial charge in [-0.05, 0) is 26.4 Å². The molecule has 100 valence electrons. The van der Waals surface area contributed by atoms with Gasteiger partial charge in [-0.25, -0.2) is 0 Å². The van der Waals surface area contributed by atoms with Gasteiger partial charge in [-0.3, -0.25) is 4.79 Å². The summed E-state index contributed by atoms with van der Waals surface area (Å²) >= 11 is 0. The minimum Gasteiger partial charge on any atom is -0.380 e. The van der Waals surface area contributed by atoms with Crippen LogP contribution in [0.4, 0.5) is 0 Å². The van der Waals surface area contributed by atoms with E-state index in [1.165, 1.54) is 0 Å². The Labute approximate surface area is 104 Å². The van der Waals surface area contributed by atoms with E-state index in [0.29, 0.717) is 19.0 Å². The van der Waals surface area contributed by atoms with E-state index in [2.05, 4.69) is 11.9 Å². The van der Waals surface area contributed by atoms with Crippen LogP contribution < -0.4 is 5.73 Å².